The number of alkyl halides is 3. The van der Waals surface area contributed by atoms with Gasteiger partial charge in [-0.2, -0.15) is 13.2 Å². The van der Waals surface area contributed by atoms with E-state index in [9.17, 15) is 22.4 Å². The van der Waals surface area contributed by atoms with Crippen LogP contribution in [-0.2, 0) is 11.0 Å². The van der Waals surface area contributed by atoms with E-state index in [0.29, 0.717) is 6.07 Å². The molecule has 0 aliphatic rings. The highest BCUT2D eigenvalue weighted by Gasteiger charge is 2.31. The van der Waals surface area contributed by atoms with Crippen LogP contribution in [0.15, 0.2) is 18.2 Å². The Labute approximate surface area is 94.9 Å². The fraction of sp³-hybridized carbons (Fsp3) is 0.364. The summed E-state index contributed by atoms with van der Waals surface area (Å²) in [7, 11) is 0. The molecule has 0 aliphatic heterocycles. The highest BCUT2D eigenvalue weighted by molar-refractivity contribution is 5.68. The van der Waals surface area contributed by atoms with Crippen molar-refractivity contribution in [3.63, 3.8) is 0 Å². The van der Waals surface area contributed by atoms with Gasteiger partial charge in [0, 0.05) is 0 Å². The van der Waals surface area contributed by atoms with Gasteiger partial charge in [-0.15, -0.1) is 0 Å². The van der Waals surface area contributed by atoms with Gasteiger partial charge in [0.2, 0.25) is 0 Å². The molecule has 0 fully saturated rings. The van der Waals surface area contributed by atoms with Crippen LogP contribution in [0.25, 0.3) is 0 Å². The molecule has 6 heteroatoms. The minimum absolute atomic E-state index is 0.0275. The minimum Gasteiger partial charge on any atom is -0.481 e. The van der Waals surface area contributed by atoms with Crippen molar-refractivity contribution in [2.24, 2.45) is 0 Å². The first kappa shape index (κ1) is 13.5. The van der Waals surface area contributed by atoms with Crippen LogP contribution in [0.3, 0.4) is 0 Å². The quantitative estimate of drug-likeness (QED) is 0.834. The van der Waals surface area contributed by atoms with E-state index in [0.717, 1.165) is 12.1 Å². The molecule has 94 valence electrons. The lowest BCUT2D eigenvalue weighted by Crippen LogP contribution is -2.09. The lowest BCUT2D eigenvalue weighted by atomic mass is 9.96. The van der Waals surface area contributed by atoms with Gasteiger partial charge in [-0.05, 0) is 29.7 Å². The molecule has 17 heavy (non-hydrogen) atoms. The maximum atomic E-state index is 13.0. The fourth-order valence-corrected chi connectivity index (χ4v) is 1.44. The van der Waals surface area contributed by atoms with Crippen molar-refractivity contribution >= 4 is 5.97 Å². The summed E-state index contributed by atoms with van der Waals surface area (Å²) in [5.41, 5.74) is -1.08. The third kappa shape index (κ3) is 3.72. The topological polar surface area (TPSA) is 37.3 Å². The molecule has 0 amide bonds. The van der Waals surface area contributed by atoms with Crippen LogP contribution in [-0.4, -0.2) is 11.1 Å². The van der Waals surface area contributed by atoms with Crippen molar-refractivity contribution in [2.45, 2.75) is 25.4 Å². The van der Waals surface area contributed by atoms with Crippen molar-refractivity contribution in [1.29, 1.82) is 0 Å². The van der Waals surface area contributed by atoms with Gasteiger partial charge >= 0.3 is 12.1 Å². The average molecular weight is 250 g/mol. The van der Waals surface area contributed by atoms with E-state index >= 15 is 0 Å². The molecule has 0 aromatic heterocycles. The van der Waals surface area contributed by atoms with E-state index in [4.69, 9.17) is 5.11 Å². The van der Waals surface area contributed by atoms with Crippen LogP contribution in [0.1, 0.15) is 30.4 Å². The van der Waals surface area contributed by atoms with Crippen molar-refractivity contribution < 1.29 is 27.5 Å². The second-order valence-electron chi connectivity index (χ2n) is 3.77. The first-order chi connectivity index (χ1) is 7.70. The van der Waals surface area contributed by atoms with Gasteiger partial charge in [0.15, 0.2) is 0 Å². The van der Waals surface area contributed by atoms with Crippen molar-refractivity contribution in [3.8, 4) is 0 Å². The number of rotatable bonds is 3. The Hall–Kier alpha value is -1.59. The van der Waals surface area contributed by atoms with Gasteiger partial charge in [-0.25, -0.2) is 4.39 Å². The molecule has 0 radical (unpaired) electrons. The lowest BCUT2D eigenvalue weighted by Gasteiger charge is -2.13. The summed E-state index contributed by atoms with van der Waals surface area (Å²) in [4.78, 5) is 10.4. The normalized spacial score (nSPS) is 13.5. The lowest BCUT2D eigenvalue weighted by molar-refractivity contribution is -0.138. The Balaban J connectivity index is 3.09. The molecule has 0 heterocycles. The summed E-state index contributed by atoms with van der Waals surface area (Å²) in [5, 5.41) is 8.53. The third-order valence-corrected chi connectivity index (χ3v) is 2.30. The summed E-state index contributed by atoms with van der Waals surface area (Å²) < 4.78 is 50.2. The molecule has 0 bridgehead atoms. The molecule has 2 nitrogen and oxygen atoms in total. The predicted molar refractivity (Wildman–Crippen MR) is 52.1 cm³/mol. The third-order valence-electron chi connectivity index (χ3n) is 2.30. The van der Waals surface area contributed by atoms with Gasteiger partial charge in [-0.1, -0.05) is 6.92 Å². The molecular formula is C11H10F4O2. The smallest absolute Gasteiger partial charge is 0.416 e. The van der Waals surface area contributed by atoms with Crippen LogP contribution in [0.2, 0.25) is 0 Å². The number of halogens is 4. The van der Waals surface area contributed by atoms with Gasteiger partial charge in [0.1, 0.15) is 5.82 Å². The fourth-order valence-electron chi connectivity index (χ4n) is 1.44. The van der Waals surface area contributed by atoms with Gasteiger partial charge < -0.3 is 5.11 Å². The first-order valence-corrected chi connectivity index (χ1v) is 4.79. The Morgan fingerprint density at radius 3 is 2.41 bits per heavy atom. The van der Waals surface area contributed by atoms with Gasteiger partial charge in [0.25, 0.3) is 0 Å². The number of aliphatic carboxylic acids is 1. The van der Waals surface area contributed by atoms with E-state index in [1.54, 1.807) is 0 Å². The SMILES string of the molecule is CC(CC(=O)O)c1cc(F)cc(C(F)(F)F)c1. The Bertz CT molecular complexity index is 426. The zero-order valence-corrected chi connectivity index (χ0v) is 8.88. The zero-order chi connectivity index (χ0) is 13.2. The van der Waals surface area contributed by atoms with Crippen LogP contribution in [0, 0.1) is 5.82 Å². The predicted octanol–water partition coefficient (Wildman–Crippen LogP) is 3.42. The second-order valence-corrected chi connectivity index (χ2v) is 3.77. The summed E-state index contributed by atoms with van der Waals surface area (Å²) in [6, 6.07) is 2.08. The molecule has 0 aliphatic carbocycles. The molecule has 1 aromatic carbocycles. The van der Waals surface area contributed by atoms with Crippen molar-refractivity contribution in [2.75, 3.05) is 0 Å². The van der Waals surface area contributed by atoms with E-state index < -0.39 is 29.4 Å². The molecule has 0 spiro atoms. The Morgan fingerprint density at radius 1 is 1.35 bits per heavy atom. The van der Waals surface area contributed by atoms with Crippen LogP contribution in [0.4, 0.5) is 17.6 Å². The zero-order valence-electron chi connectivity index (χ0n) is 8.88. The maximum absolute atomic E-state index is 13.0. The highest BCUT2D eigenvalue weighted by Crippen LogP contribution is 2.32. The number of hydrogen-bond acceptors (Lipinski definition) is 1. The molecule has 1 aromatic rings. The van der Waals surface area contributed by atoms with Gasteiger partial charge in [0.05, 0.1) is 12.0 Å². The van der Waals surface area contributed by atoms with E-state index in [1.807, 2.05) is 0 Å². The highest BCUT2D eigenvalue weighted by atomic mass is 19.4. The minimum atomic E-state index is -4.64. The molecular weight excluding hydrogens is 240 g/mol. The standard InChI is InChI=1S/C11H10F4O2/c1-6(2-10(16)17)7-3-8(11(13,14)15)5-9(12)4-7/h3-6H,2H2,1H3,(H,16,17). The van der Waals surface area contributed by atoms with E-state index in [-0.39, 0.29) is 12.0 Å². The molecule has 0 saturated heterocycles. The number of hydrogen-bond donors (Lipinski definition) is 1. The molecule has 1 rings (SSSR count). The van der Waals surface area contributed by atoms with Crippen molar-refractivity contribution in [3.05, 3.63) is 35.1 Å². The molecule has 1 N–H and O–H groups in total. The largest absolute Gasteiger partial charge is 0.481 e. The monoisotopic (exact) mass is 250 g/mol. The molecule has 0 saturated carbocycles. The van der Waals surface area contributed by atoms with Crippen LogP contribution in [0.5, 0.6) is 0 Å². The maximum Gasteiger partial charge on any atom is 0.416 e. The number of carboxylic acid groups (broad SMARTS) is 1. The summed E-state index contributed by atoms with van der Waals surface area (Å²) >= 11 is 0. The van der Waals surface area contributed by atoms with Gasteiger partial charge in [-0.3, -0.25) is 4.79 Å². The van der Waals surface area contributed by atoms with E-state index in [1.165, 1.54) is 6.92 Å². The van der Waals surface area contributed by atoms with Crippen LogP contribution < -0.4 is 0 Å². The second kappa shape index (κ2) is 4.73. The molecule has 1 atom stereocenters. The Morgan fingerprint density at radius 2 is 1.94 bits per heavy atom. The molecule has 1 unspecified atom stereocenters. The number of carbonyl (C=O) groups is 1. The Kier molecular flexibility index (Phi) is 3.75. The summed E-state index contributed by atoms with van der Waals surface area (Å²) in [6.45, 7) is 1.43. The summed E-state index contributed by atoms with van der Waals surface area (Å²) in [5.74, 6) is -2.84. The summed E-state index contributed by atoms with van der Waals surface area (Å²) in [6.07, 6.45) is -4.99. The van der Waals surface area contributed by atoms with E-state index in [2.05, 4.69) is 0 Å². The van der Waals surface area contributed by atoms with Crippen molar-refractivity contribution in [1.82, 2.24) is 0 Å². The number of carboxylic acids is 1. The number of benzene rings is 1. The average Bonchev–Trinajstić information content (AvgIpc) is 2.14. The first-order valence-electron chi connectivity index (χ1n) is 4.79. The van der Waals surface area contributed by atoms with Crippen LogP contribution >= 0.6 is 0 Å².